The first-order chi connectivity index (χ1) is 13.4. The van der Waals surface area contributed by atoms with Gasteiger partial charge in [-0.05, 0) is 49.2 Å². The lowest BCUT2D eigenvalue weighted by Crippen LogP contribution is -2.32. The van der Waals surface area contributed by atoms with Crippen molar-refractivity contribution in [3.8, 4) is 5.75 Å². The predicted molar refractivity (Wildman–Crippen MR) is 109 cm³/mol. The van der Waals surface area contributed by atoms with Crippen LogP contribution in [0.2, 0.25) is 0 Å². The quantitative estimate of drug-likeness (QED) is 0.670. The minimum absolute atomic E-state index is 0.142. The maximum Gasteiger partial charge on any atom is 0.416 e. The summed E-state index contributed by atoms with van der Waals surface area (Å²) in [6.07, 6.45) is 0.245. The van der Waals surface area contributed by atoms with Gasteiger partial charge in [0.05, 0.1) is 23.4 Å². The maximum atomic E-state index is 12.9. The van der Waals surface area contributed by atoms with Crippen LogP contribution in [0.5, 0.6) is 5.75 Å². The number of rotatable bonds is 9. The molecule has 0 aromatic heterocycles. The van der Waals surface area contributed by atoms with E-state index in [9.17, 15) is 18.3 Å². The summed E-state index contributed by atoms with van der Waals surface area (Å²) in [4.78, 5) is 13.1. The molecule has 0 saturated heterocycles. The normalized spacial score (nSPS) is 11.4. The molecular formula is C20H26N2O5S. The maximum absolute atomic E-state index is 12.9. The van der Waals surface area contributed by atoms with Gasteiger partial charge in [-0.1, -0.05) is 26.0 Å². The number of anilines is 2. The number of amides is 1. The van der Waals surface area contributed by atoms with Crippen LogP contribution in [0.1, 0.15) is 26.7 Å². The Morgan fingerprint density at radius 2 is 1.57 bits per heavy atom. The van der Waals surface area contributed by atoms with Crippen molar-refractivity contribution in [2.75, 3.05) is 25.1 Å². The molecule has 0 aliphatic carbocycles. The highest BCUT2D eigenvalue weighted by atomic mass is 32.2. The number of carbonyl (C=O) groups is 1. The van der Waals surface area contributed by atoms with Crippen LogP contribution < -0.4 is 9.64 Å². The van der Waals surface area contributed by atoms with Crippen molar-refractivity contribution in [1.82, 2.24) is 4.31 Å². The van der Waals surface area contributed by atoms with E-state index in [0.717, 1.165) is 17.7 Å². The van der Waals surface area contributed by atoms with Gasteiger partial charge in [0.15, 0.2) is 0 Å². The van der Waals surface area contributed by atoms with Crippen LogP contribution in [0.4, 0.5) is 16.2 Å². The molecular weight excluding hydrogens is 380 g/mol. The molecule has 0 aliphatic rings. The highest BCUT2D eigenvalue weighted by Crippen LogP contribution is 2.34. The number of sulfonamides is 1. The van der Waals surface area contributed by atoms with Gasteiger partial charge in [0.25, 0.3) is 0 Å². The van der Waals surface area contributed by atoms with Crippen molar-refractivity contribution >= 4 is 27.5 Å². The summed E-state index contributed by atoms with van der Waals surface area (Å²) >= 11 is 0. The van der Waals surface area contributed by atoms with Gasteiger partial charge in [-0.25, -0.2) is 18.1 Å². The van der Waals surface area contributed by atoms with E-state index in [1.165, 1.54) is 35.7 Å². The average molecular weight is 407 g/mol. The molecule has 0 unspecified atom stereocenters. The van der Waals surface area contributed by atoms with Gasteiger partial charge < -0.3 is 9.84 Å². The second-order valence-electron chi connectivity index (χ2n) is 6.19. The van der Waals surface area contributed by atoms with Gasteiger partial charge in [0.1, 0.15) is 5.75 Å². The van der Waals surface area contributed by atoms with E-state index in [4.69, 9.17) is 4.74 Å². The van der Waals surface area contributed by atoms with E-state index in [2.05, 4.69) is 0 Å². The Morgan fingerprint density at radius 3 is 2.07 bits per heavy atom. The van der Waals surface area contributed by atoms with Gasteiger partial charge in [-0.3, -0.25) is 0 Å². The van der Waals surface area contributed by atoms with Crippen molar-refractivity contribution in [1.29, 1.82) is 0 Å². The van der Waals surface area contributed by atoms with E-state index in [1.54, 1.807) is 24.3 Å². The van der Waals surface area contributed by atoms with Crippen LogP contribution in [0, 0.1) is 0 Å². The zero-order valence-electron chi connectivity index (χ0n) is 16.3. The standard InChI is InChI=1S/C20H26N2O5S/c1-4-14-21(15-5-2)28(25,26)17-12-10-16(11-13-17)22(20(23)24)18-8-6-7-9-19(18)27-3/h6-13H,4-5,14-15H2,1-3H3,(H,23,24). The molecule has 28 heavy (non-hydrogen) atoms. The first-order valence-corrected chi connectivity index (χ1v) is 10.6. The van der Waals surface area contributed by atoms with Gasteiger partial charge in [-0.15, -0.1) is 0 Å². The van der Waals surface area contributed by atoms with Crippen LogP contribution in [0.3, 0.4) is 0 Å². The topological polar surface area (TPSA) is 87.2 Å². The molecule has 0 saturated carbocycles. The fraction of sp³-hybridized carbons (Fsp3) is 0.350. The molecule has 0 spiro atoms. The van der Waals surface area contributed by atoms with Crippen molar-refractivity contribution in [2.24, 2.45) is 0 Å². The fourth-order valence-electron chi connectivity index (χ4n) is 2.93. The van der Waals surface area contributed by atoms with E-state index >= 15 is 0 Å². The number of hydrogen-bond acceptors (Lipinski definition) is 4. The molecule has 1 amide bonds. The lowest BCUT2D eigenvalue weighted by atomic mass is 10.2. The zero-order valence-corrected chi connectivity index (χ0v) is 17.1. The van der Waals surface area contributed by atoms with Crippen molar-refractivity contribution in [3.63, 3.8) is 0 Å². The molecule has 8 heteroatoms. The predicted octanol–water partition coefficient (Wildman–Crippen LogP) is 4.32. The summed E-state index contributed by atoms with van der Waals surface area (Å²) in [5, 5.41) is 9.70. The minimum Gasteiger partial charge on any atom is -0.495 e. The fourth-order valence-corrected chi connectivity index (χ4v) is 4.56. The molecule has 0 heterocycles. The Bertz CT molecular complexity index is 891. The number of methoxy groups -OCH3 is 1. The smallest absolute Gasteiger partial charge is 0.416 e. The lowest BCUT2D eigenvalue weighted by molar-refractivity contribution is 0.204. The molecule has 1 N–H and O–H groups in total. The van der Waals surface area contributed by atoms with Crippen molar-refractivity contribution < 1.29 is 23.1 Å². The van der Waals surface area contributed by atoms with Crippen LogP contribution in [0.25, 0.3) is 0 Å². The third-order valence-corrected chi connectivity index (χ3v) is 6.11. The second-order valence-corrected chi connectivity index (χ2v) is 8.13. The van der Waals surface area contributed by atoms with Gasteiger partial charge in [-0.2, -0.15) is 4.31 Å². The molecule has 0 atom stereocenters. The van der Waals surface area contributed by atoms with Crippen LogP contribution in [0.15, 0.2) is 53.4 Å². The number of carboxylic acid groups (broad SMARTS) is 1. The SMILES string of the molecule is CCCN(CCC)S(=O)(=O)c1ccc(N(C(=O)O)c2ccccc2OC)cc1. The van der Waals surface area contributed by atoms with Crippen molar-refractivity contribution in [2.45, 2.75) is 31.6 Å². The molecule has 0 radical (unpaired) electrons. The third kappa shape index (κ3) is 4.63. The minimum atomic E-state index is -3.62. The zero-order chi connectivity index (χ0) is 20.7. The van der Waals surface area contributed by atoms with Crippen LogP contribution in [-0.2, 0) is 10.0 Å². The monoisotopic (exact) mass is 406 g/mol. The number of hydrogen-bond donors (Lipinski definition) is 1. The number of para-hydroxylation sites is 2. The summed E-state index contributed by atoms with van der Waals surface area (Å²) in [6.45, 7) is 4.75. The summed E-state index contributed by atoms with van der Waals surface area (Å²) in [6, 6.07) is 12.6. The van der Waals surface area contributed by atoms with Crippen LogP contribution in [-0.4, -0.2) is 44.1 Å². The first-order valence-electron chi connectivity index (χ1n) is 9.13. The van der Waals surface area contributed by atoms with E-state index in [1.807, 2.05) is 13.8 Å². The Hall–Kier alpha value is -2.58. The van der Waals surface area contributed by atoms with Gasteiger partial charge in [0.2, 0.25) is 10.0 Å². The van der Waals surface area contributed by atoms with Gasteiger partial charge in [0, 0.05) is 13.1 Å². The van der Waals surface area contributed by atoms with Gasteiger partial charge >= 0.3 is 6.09 Å². The van der Waals surface area contributed by atoms with Crippen LogP contribution >= 0.6 is 0 Å². The van der Waals surface area contributed by atoms with E-state index < -0.39 is 16.1 Å². The molecule has 2 aromatic rings. The molecule has 2 rings (SSSR count). The number of ether oxygens (including phenoxy) is 1. The molecule has 2 aromatic carbocycles. The Labute approximate surface area is 166 Å². The molecule has 7 nitrogen and oxygen atoms in total. The highest BCUT2D eigenvalue weighted by Gasteiger charge is 2.25. The number of benzene rings is 2. The lowest BCUT2D eigenvalue weighted by Gasteiger charge is -2.23. The molecule has 0 fully saturated rings. The Kier molecular flexibility index (Phi) is 7.42. The molecule has 152 valence electrons. The second kappa shape index (κ2) is 9.57. The molecule has 0 aliphatic heterocycles. The largest absolute Gasteiger partial charge is 0.495 e. The third-order valence-electron chi connectivity index (χ3n) is 4.20. The van der Waals surface area contributed by atoms with E-state index in [-0.39, 0.29) is 4.90 Å². The Balaban J connectivity index is 2.42. The highest BCUT2D eigenvalue weighted by molar-refractivity contribution is 7.89. The average Bonchev–Trinajstić information content (AvgIpc) is 2.68. The number of nitrogens with zero attached hydrogens (tertiary/aromatic N) is 2. The molecule has 0 bridgehead atoms. The summed E-state index contributed by atoms with van der Waals surface area (Å²) in [5.41, 5.74) is 0.681. The summed E-state index contributed by atoms with van der Waals surface area (Å²) in [7, 11) is -2.16. The first kappa shape index (κ1) is 21.7. The Morgan fingerprint density at radius 1 is 1.00 bits per heavy atom. The van der Waals surface area contributed by atoms with E-state index in [0.29, 0.717) is 30.2 Å². The van der Waals surface area contributed by atoms with Crippen molar-refractivity contribution in [3.05, 3.63) is 48.5 Å². The summed E-state index contributed by atoms with van der Waals surface area (Å²) < 4.78 is 32.5. The summed E-state index contributed by atoms with van der Waals surface area (Å²) in [5.74, 6) is 0.402.